The van der Waals surface area contributed by atoms with E-state index in [1.54, 1.807) is 0 Å². The highest BCUT2D eigenvalue weighted by Crippen LogP contribution is 2.41. The van der Waals surface area contributed by atoms with E-state index in [0.717, 1.165) is 19.6 Å². The molecule has 0 bridgehead atoms. The normalized spacial score (nSPS) is 12.2. The number of unbranched alkanes of at least 4 members (excludes halogenated alkanes) is 27. The molecule has 0 spiro atoms. The summed E-state index contributed by atoms with van der Waals surface area (Å²) in [5.74, 6) is 0. The van der Waals surface area contributed by atoms with Crippen molar-refractivity contribution < 1.29 is 0 Å². The molecule has 4 aromatic heterocycles. The van der Waals surface area contributed by atoms with Crippen molar-refractivity contribution >= 4 is 87.2 Å². The van der Waals surface area contributed by atoms with Crippen molar-refractivity contribution in [2.75, 3.05) is 0 Å². The number of nitrogens with zero attached hydrogens (tertiary/aromatic N) is 4. The first-order valence-corrected chi connectivity index (χ1v) is 34.1. The van der Waals surface area contributed by atoms with Gasteiger partial charge < -0.3 is 18.3 Å². The molecule has 0 radical (unpaired) electrons. The molecule has 11 rings (SSSR count). The van der Waals surface area contributed by atoms with E-state index in [4.69, 9.17) is 0 Å². The third kappa shape index (κ3) is 13.3. The zero-order valence-electron chi connectivity index (χ0n) is 51.8. The number of hydrogen-bond acceptors (Lipinski definition) is 0. The molecule has 0 N–H and O–H groups in total. The van der Waals surface area contributed by atoms with E-state index in [1.165, 1.54) is 302 Å². The highest BCUT2D eigenvalue weighted by atomic mass is 15.0. The van der Waals surface area contributed by atoms with Crippen molar-refractivity contribution in [3.05, 3.63) is 133 Å². The van der Waals surface area contributed by atoms with Crippen LogP contribution in [0.2, 0.25) is 0 Å². The van der Waals surface area contributed by atoms with Gasteiger partial charge in [-0.2, -0.15) is 0 Å². The number of aryl methyl sites for hydroxylation is 4. The van der Waals surface area contributed by atoms with Gasteiger partial charge in [-0.05, 0) is 102 Å². The number of para-hydroxylation sites is 2. The predicted molar refractivity (Wildman–Crippen MR) is 366 cm³/mol. The first-order chi connectivity index (χ1) is 41.1. The highest BCUT2D eigenvalue weighted by molar-refractivity contribution is 6.20. The molecule has 4 heterocycles. The molecule has 436 valence electrons. The van der Waals surface area contributed by atoms with E-state index in [-0.39, 0.29) is 0 Å². The molecule has 11 aromatic rings. The van der Waals surface area contributed by atoms with Gasteiger partial charge in [-0.1, -0.05) is 267 Å². The van der Waals surface area contributed by atoms with E-state index in [1.807, 2.05) is 0 Å². The minimum absolute atomic E-state index is 1.05. The first-order valence-electron chi connectivity index (χ1n) is 34.1. The number of hydrogen-bond donors (Lipinski definition) is 0. The molecule has 0 aliphatic rings. The van der Waals surface area contributed by atoms with Crippen LogP contribution in [0.25, 0.3) is 109 Å². The Morgan fingerprint density at radius 1 is 0.217 bits per heavy atom. The smallest absolute Gasteiger partial charge is 0.0499 e. The molecule has 0 atom stereocenters. The van der Waals surface area contributed by atoms with Crippen LogP contribution in [-0.2, 0) is 26.7 Å². The summed E-state index contributed by atoms with van der Waals surface area (Å²) in [6, 6.07) is 52.5. The van der Waals surface area contributed by atoms with Gasteiger partial charge in [0.2, 0.25) is 0 Å². The van der Waals surface area contributed by atoms with Crippen LogP contribution < -0.4 is 0 Å². The number of aromatic nitrogens is 4. The molecular weight excluding hydrogens is 1000 g/mol. The van der Waals surface area contributed by atoms with Crippen molar-refractivity contribution in [2.45, 2.75) is 233 Å². The summed E-state index contributed by atoms with van der Waals surface area (Å²) in [4.78, 5) is 0. The average molecular weight is 1110 g/mol. The zero-order valence-corrected chi connectivity index (χ0v) is 51.8. The van der Waals surface area contributed by atoms with Gasteiger partial charge in [-0.15, -0.1) is 0 Å². The van der Waals surface area contributed by atoms with Gasteiger partial charge in [0.05, 0.1) is 0 Å². The third-order valence-corrected chi connectivity index (χ3v) is 19.4. The van der Waals surface area contributed by atoms with Crippen LogP contribution in [0.4, 0.5) is 0 Å². The van der Waals surface area contributed by atoms with Crippen LogP contribution in [0, 0.1) is 0 Å². The van der Waals surface area contributed by atoms with E-state index in [2.05, 4.69) is 180 Å². The van der Waals surface area contributed by atoms with Crippen molar-refractivity contribution in [1.29, 1.82) is 0 Å². The van der Waals surface area contributed by atoms with E-state index in [9.17, 15) is 0 Å². The van der Waals surface area contributed by atoms with Gasteiger partial charge in [0.1, 0.15) is 0 Å². The lowest BCUT2D eigenvalue weighted by atomic mass is 9.98. The van der Waals surface area contributed by atoms with Gasteiger partial charge in [0, 0.05) is 114 Å². The topological polar surface area (TPSA) is 19.7 Å². The lowest BCUT2D eigenvalue weighted by molar-refractivity contribution is 0.541. The SMILES string of the molecule is CCCCCCCCCCCCn1c2ccc(-c3ccc(-c4ccc5c(c4)c4cc6c(cc4n5CCCCCCCCCCCC)c4ccccc4n6CCCCCCCCCCCC)cc3)cc2c2cc3c(cc21)c1ccccc1n3C. The van der Waals surface area contributed by atoms with Gasteiger partial charge >= 0.3 is 0 Å². The molecular formula is C79H100N4. The standard InChI is InChI=1S/C79H100N4/c1-5-8-11-14-17-20-23-26-29-36-51-81-73-42-35-33-40-65(73)69-58-79-71(59-77(69)81)67-55-63(48-50-75(67)83(79)53-38-31-28-25-22-19-16-13-10-7-3)61-45-43-60(44-46-61)62-47-49-74-66(54-62)70-56-76-68(64-39-32-34-41-72(64)80(76)4)57-78(70)82(74)52-37-30-27-24-21-18-15-12-9-6-2/h32-35,39-50,54-59H,5-31,36-38,51-53H2,1-4H3. The average Bonchev–Trinajstić information content (AvgIpc) is 1.99. The Morgan fingerprint density at radius 2 is 0.482 bits per heavy atom. The summed E-state index contributed by atoms with van der Waals surface area (Å²) in [5, 5.41) is 11.0. The Bertz CT molecular complexity index is 3850. The number of benzene rings is 7. The second-order valence-electron chi connectivity index (χ2n) is 25.4. The van der Waals surface area contributed by atoms with Gasteiger partial charge in [-0.25, -0.2) is 0 Å². The molecule has 0 saturated heterocycles. The molecule has 4 heteroatoms. The molecule has 0 saturated carbocycles. The minimum atomic E-state index is 1.05. The minimum Gasteiger partial charge on any atom is -0.344 e. The molecule has 7 aromatic carbocycles. The van der Waals surface area contributed by atoms with E-state index < -0.39 is 0 Å². The Labute approximate surface area is 498 Å². The third-order valence-electron chi connectivity index (χ3n) is 19.4. The summed E-state index contributed by atoms with van der Waals surface area (Å²) in [6.45, 7) is 10.1. The van der Waals surface area contributed by atoms with Crippen LogP contribution >= 0.6 is 0 Å². The second-order valence-corrected chi connectivity index (χ2v) is 25.4. The Hall–Kier alpha value is -6.26. The van der Waals surface area contributed by atoms with Crippen LogP contribution in [0.15, 0.2) is 133 Å². The number of fused-ring (bicyclic) bond motifs is 12. The van der Waals surface area contributed by atoms with Gasteiger partial charge in [-0.3, -0.25) is 0 Å². The lowest BCUT2D eigenvalue weighted by Gasteiger charge is -2.10. The van der Waals surface area contributed by atoms with Crippen molar-refractivity contribution in [1.82, 2.24) is 18.3 Å². The Balaban J connectivity index is 0.875. The molecule has 0 aliphatic carbocycles. The summed E-state index contributed by atoms with van der Waals surface area (Å²) in [5.41, 5.74) is 16.0. The van der Waals surface area contributed by atoms with Crippen molar-refractivity contribution in [3.8, 4) is 22.3 Å². The monoisotopic (exact) mass is 1100 g/mol. The first kappa shape index (κ1) is 58.5. The van der Waals surface area contributed by atoms with Crippen molar-refractivity contribution in [2.24, 2.45) is 7.05 Å². The maximum atomic E-state index is 2.69. The van der Waals surface area contributed by atoms with Crippen LogP contribution in [-0.4, -0.2) is 18.3 Å². The summed E-state index contributed by atoms with van der Waals surface area (Å²) in [6.07, 6.45) is 40.7. The fourth-order valence-corrected chi connectivity index (χ4v) is 14.6. The quantitative estimate of drug-likeness (QED) is 0.0353. The van der Waals surface area contributed by atoms with Crippen molar-refractivity contribution in [3.63, 3.8) is 0 Å². The molecule has 0 amide bonds. The summed E-state index contributed by atoms with van der Waals surface area (Å²) < 4.78 is 10.4. The van der Waals surface area contributed by atoms with E-state index >= 15 is 0 Å². The summed E-state index contributed by atoms with van der Waals surface area (Å²) in [7, 11) is 2.24. The van der Waals surface area contributed by atoms with E-state index in [0.29, 0.717) is 0 Å². The van der Waals surface area contributed by atoms with Crippen LogP contribution in [0.1, 0.15) is 213 Å². The Morgan fingerprint density at radius 3 is 0.867 bits per heavy atom. The van der Waals surface area contributed by atoms with Crippen LogP contribution in [0.5, 0.6) is 0 Å². The molecule has 0 unspecified atom stereocenters. The Kier molecular flexibility index (Phi) is 20.5. The predicted octanol–water partition coefficient (Wildman–Crippen LogP) is 24.8. The largest absolute Gasteiger partial charge is 0.344 e. The van der Waals surface area contributed by atoms with Crippen LogP contribution in [0.3, 0.4) is 0 Å². The fourth-order valence-electron chi connectivity index (χ4n) is 14.6. The zero-order chi connectivity index (χ0) is 56.7. The molecule has 4 nitrogen and oxygen atoms in total. The number of rotatable bonds is 35. The molecule has 83 heavy (non-hydrogen) atoms. The summed E-state index contributed by atoms with van der Waals surface area (Å²) >= 11 is 0. The van der Waals surface area contributed by atoms with Gasteiger partial charge in [0.15, 0.2) is 0 Å². The maximum Gasteiger partial charge on any atom is 0.0499 e. The molecule has 0 fully saturated rings. The lowest BCUT2D eigenvalue weighted by Crippen LogP contribution is -1.99. The van der Waals surface area contributed by atoms with Gasteiger partial charge in [0.25, 0.3) is 0 Å². The highest BCUT2D eigenvalue weighted by Gasteiger charge is 2.20. The second kappa shape index (κ2) is 29.0. The maximum absolute atomic E-state index is 2.69. The fraction of sp³-hybridized carbons (Fsp3) is 0.468. The molecule has 0 aliphatic heterocycles.